The van der Waals surface area contributed by atoms with Crippen LogP contribution in [0.5, 0.6) is 11.5 Å². The molecule has 1 fully saturated rings. The van der Waals surface area contributed by atoms with Crippen molar-refractivity contribution >= 4 is 28.8 Å². The third kappa shape index (κ3) is 4.97. The maximum Gasteiger partial charge on any atom is 0.257 e. The van der Waals surface area contributed by atoms with Gasteiger partial charge in [0.2, 0.25) is 5.91 Å². The van der Waals surface area contributed by atoms with Crippen molar-refractivity contribution in [3.8, 4) is 11.5 Å². The first-order valence-electron chi connectivity index (χ1n) is 10.3. The number of para-hydroxylation sites is 2. The summed E-state index contributed by atoms with van der Waals surface area (Å²) in [6, 6.07) is 11.7. The van der Waals surface area contributed by atoms with Crippen LogP contribution >= 0.6 is 11.8 Å². The summed E-state index contributed by atoms with van der Waals surface area (Å²) in [6.07, 6.45) is 0. The number of carbonyl (C=O) groups excluding carboxylic acids is 1. The molecule has 7 nitrogen and oxygen atoms in total. The Morgan fingerprint density at radius 3 is 2.52 bits per heavy atom. The summed E-state index contributed by atoms with van der Waals surface area (Å²) >= 11 is 1.35. The highest BCUT2D eigenvalue weighted by Crippen LogP contribution is 2.31. The van der Waals surface area contributed by atoms with Gasteiger partial charge in [0.15, 0.2) is 17.1 Å². The van der Waals surface area contributed by atoms with Crippen LogP contribution in [0.3, 0.4) is 0 Å². The van der Waals surface area contributed by atoms with Crippen LogP contribution in [0.15, 0.2) is 46.0 Å². The van der Waals surface area contributed by atoms with Crippen LogP contribution in [0.2, 0.25) is 0 Å². The number of hydrogen-bond donors (Lipinski definition) is 0. The Morgan fingerprint density at radius 2 is 1.81 bits per heavy atom. The number of carbonyl (C=O) groups is 1. The van der Waals surface area contributed by atoms with Crippen LogP contribution in [0, 0.1) is 6.92 Å². The molecule has 2 heterocycles. The average molecular weight is 442 g/mol. The molecular weight excluding hydrogens is 414 g/mol. The number of oxazole rings is 1. The lowest BCUT2D eigenvalue weighted by atomic mass is 10.1. The van der Waals surface area contributed by atoms with Crippen molar-refractivity contribution in [1.29, 1.82) is 0 Å². The van der Waals surface area contributed by atoms with E-state index in [-0.39, 0.29) is 5.91 Å². The van der Waals surface area contributed by atoms with E-state index < -0.39 is 0 Å². The lowest BCUT2D eigenvalue weighted by Crippen LogP contribution is -2.48. The molecule has 4 rings (SSSR count). The van der Waals surface area contributed by atoms with Gasteiger partial charge in [0.25, 0.3) is 5.22 Å². The van der Waals surface area contributed by atoms with Crippen molar-refractivity contribution in [2.75, 3.05) is 46.2 Å². The highest BCUT2D eigenvalue weighted by molar-refractivity contribution is 7.99. The van der Waals surface area contributed by atoms with Crippen LogP contribution < -0.4 is 9.47 Å². The fourth-order valence-corrected chi connectivity index (χ4v) is 4.46. The van der Waals surface area contributed by atoms with E-state index in [1.807, 2.05) is 41.3 Å². The zero-order valence-corrected chi connectivity index (χ0v) is 18.9. The fourth-order valence-electron chi connectivity index (χ4n) is 3.72. The highest BCUT2D eigenvalue weighted by atomic mass is 32.2. The molecule has 164 valence electrons. The van der Waals surface area contributed by atoms with Gasteiger partial charge in [-0.2, -0.15) is 0 Å². The number of ether oxygens (including phenoxy) is 2. The van der Waals surface area contributed by atoms with E-state index in [4.69, 9.17) is 13.9 Å². The Balaban J connectivity index is 1.28. The number of methoxy groups -OCH3 is 2. The van der Waals surface area contributed by atoms with E-state index in [9.17, 15) is 4.79 Å². The standard InChI is InChI=1S/C23H27N3O4S/c1-16-12-20(28-2)21(29-3)13-17(16)14-25-8-10-26(11-9-25)22(27)15-31-23-24-18-6-4-5-7-19(18)30-23/h4-7,12-13H,8-11,14-15H2,1-3H3. The number of fused-ring (bicyclic) bond motifs is 1. The quantitative estimate of drug-likeness (QED) is 0.519. The number of thioether (sulfide) groups is 1. The average Bonchev–Trinajstić information content (AvgIpc) is 3.22. The van der Waals surface area contributed by atoms with Crippen LogP contribution in [0.25, 0.3) is 11.1 Å². The number of benzene rings is 2. The molecular formula is C23H27N3O4S. The number of aromatic nitrogens is 1. The molecule has 0 atom stereocenters. The van der Waals surface area contributed by atoms with Gasteiger partial charge in [-0.1, -0.05) is 23.9 Å². The molecule has 2 aromatic carbocycles. The summed E-state index contributed by atoms with van der Waals surface area (Å²) in [5.41, 5.74) is 3.95. The molecule has 3 aromatic rings. The first kappa shape index (κ1) is 21.5. The minimum absolute atomic E-state index is 0.120. The van der Waals surface area contributed by atoms with Gasteiger partial charge >= 0.3 is 0 Å². The summed E-state index contributed by atoms with van der Waals surface area (Å²) < 4.78 is 16.5. The molecule has 0 unspecified atom stereocenters. The Labute approximate surface area is 186 Å². The number of aryl methyl sites for hydroxylation is 1. The SMILES string of the molecule is COc1cc(C)c(CN2CCN(C(=O)CSc3nc4ccccc4o3)CC2)cc1OC. The van der Waals surface area contributed by atoms with Crippen LogP contribution in [0.1, 0.15) is 11.1 Å². The predicted molar refractivity (Wildman–Crippen MR) is 121 cm³/mol. The summed E-state index contributed by atoms with van der Waals surface area (Å²) in [4.78, 5) is 21.4. The zero-order chi connectivity index (χ0) is 21.8. The summed E-state index contributed by atoms with van der Waals surface area (Å²) in [5.74, 6) is 1.94. The van der Waals surface area contributed by atoms with Crippen LogP contribution in [-0.4, -0.2) is 66.8 Å². The van der Waals surface area contributed by atoms with Gasteiger partial charge in [-0.15, -0.1) is 0 Å². The van der Waals surface area contributed by atoms with Crippen molar-refractivity contribution in [1.82, 2.24) is 14.8 Å². The third-order valence-electron chi connectivity index (χ3n) is 5.55. The first-order valence-corrected chi connectivity index (χ1v) is 11.3. The van der Waals surface area contributed by atoms with Crippen molar-refractivity contribution < 1.29 is 18.7 Å². The second kappa shape index (κ2) is 9.62. The molecule has 1 amide bonds. The van der Waals surface area contributed by atoms with Gasteiger partial charge in [0.1, 0.15) is 5.52 Å². The van der Waals surface area contributed by atoms with Gasteiger partial charge < -0.3 is 18.8 Å². The van der Waals surface area contributed by atoms with Gasteiger partial charge in [-0.3, -0.25) is 9.69 Å². The van der Waals surface area contributed by atoms with Gasteiger partial charge in [0.05, 0.1) is 20.0 Å². The lowest BCUT2D eigenvalue weighted by Gasteiger charge is -2.35. The monoisotopic (exact) mass is 441 g/mol. The van der Waals surface area contributed by atoms with Gasteiger partial charge in [-0.05, 0) is 42.3 Å². The zero-order valence-electron chi connectivity index (χ0n) is 18.1. The van der Waals surface area contributed by atoms with Gasteiger partial charge in [0, 0.05) is 32.7 Å². The van der Waals surface area contributed by atoms with Crippen molar-refractivity contribution in [2.45, 2.75) is 18.7 Å². The van der Waals surface area contributed by atoms with E-state index in [1.54, 1.807) is 14.2 Å². The second-order valence-corrected chi connectivity index (χ2v) is 8.45. The van der Waals surface area contributed by atoms with Gasteiger partial charge in [-0.25, -0.2) is 4.98 Å². The molecule has 0 radical (unpaired) electrons. The predicted octanol–water partition coefficient (Wildman–Crippen LogP) is 3.59. The normalized spacial score (nSPS) is 14.7. The minimum Gasteiger partial charge on any atom is -0.493 e. The summed E-state index contributed by atoms with van der Waals surface area (Å²) in [7, 11) is 3.30. The molecule has 1 saturated heterocycles. The Bertz CT molecular complexity index is 1030. The Morgan fingerprint density at radius 1 is 1.10 bits per heavy atom. The molecule has 8 heteroatoms. The fraction of sp³-hybridized carbons (Fsp3) is 0.391. The van der Waals surface area contributed by atoms with Crippen LogP contribution in [-0.2, 0) is 11.3 Å². The molecule has 31 heavy (non-hydrogen) atoms. The van der Waals surface area contributed by atoms with E-state index >= 15 is 0 Å². The van der Waals surface area contributed by atoms with E-state index in [2.05, 4.69) is 16.8 Å². The van der Waals surface area contributed by atoms with Crippen LogP contribution in [0.4, 0.5) is 0 Å². The molecule has 0 N–H and O–H groups in total. The minimum atomic E-state index is 0.120. The number of piperazine rings is 1. The maximum absolute atomic E-state index is 12.6. The Hall–Kier alpha value is -2.71. The molecule has 0 spiro atoms. The maximum atomic E-state index is 12.6. The van der Waals surface area contributed by atoms with E-state index in [1.165, 1.54) is 22.9 Å². The molecule has 0 aliphatic carbocycles. The number of amides is 1. The number of nitrogens with zero attached hydrogens (tertiary/aromatic N) is 3. The number of rotatable bonds is 7. The number of hydrogen-bond acceptors (Lipinski definition) is 7. The molecule has 0 saturated carbocycles. The summed E-state index contributed by atoms with van der Waals surface area (Å²) in [5, 5.41) is 0.539. The molecule has 1 aliphatic rings. The topological polar surface area (TPSA) is 68.0 Å². The van der Waals surface area contributed by atoms with E-state index in [0.29, 0.717) is 11.0 Å². The van der Waals surface area contributed by atoms with Crippen molar-refractivity contribution in [2.24, 2.45) is 0 Å². The largest absolute Gasteiger partial charge is 0.493 e. The molecule has 1 aliphatic heterocycles. The molecule has 1 aromatic heterocycles. The van der Waals surface area contributed by atoms with E-state index in [0.717, 1.165) is 55.3 Å². The second-order valence-electron chi connectivity index (χ2n) is 7.53. The van der Waals surface area contributed by atoms with Crippen molar-refractivity contribution in [3.63, 3.8) is 0 Å². The highest BCUT2D eigenvalue weighted by Gasteiger charge is 2.22. The molecule has 0 bridgehead atoms. The lowest BCUT2D eigenvalue weighted by molar-refractivity contribution is -0.130. The third-order valence-corrected chi connectivity index (χ3v) is 6.37. The smallest absolute Gasteiger partial charge is 0.257 e. The first-order chi connectivity index (χ1) is 15.1. The Kier molecular flexibility index (Phi) is 6.67. The van der Waals surface area contributed by atoms with Crippen molar-refractivity contribution in [3.05, 3.63) is 47.5 Å². The summed E-state index contributed by atoms with van der Waals surface area (Å²) in [6.45, 7) is 6.03.